The molecule has 0 aliphatic rings. The largest absolute Gasteiger partial charge is 0.504 e. The van der Waals surface area contributed by atoms with Gasteiger partial charge in [0.05, 0.1) is 5.69 Å². The summed E-state index contributed by atoms with van der Waals surface area (Å²) in [5.74, 6) is 0.292. The minimum Gasteiger partial charge on any atom is -0.504 e. The average molecular weight is 292 g/mol. The molecule has 3 aromatic rings. The number of nitrogens with zero attached hydrogens (tertiary/aromatic N) is 2. The van der Waals surface area contributed by atoms with Crippen molar-refractivity contribution in [1.82, 2.24) is 9.78 Å². The number of aromatic hydroxyl groups is 1. The Morgan fingerprint density at radius 3 is 2.36 bits per heavy atom. The Labute approximate surface area is 130 Å². The highest BCUT2D eigenvalue weighted by Crippen LogP contribution is 2.36. The van der Waals surface area contributed by atoms with E-state index in [2.05, 4.69) is 25.0 Å². The molecular weight excluding hydrogens is 272 g/mol. The molecule has 0 saturated carbocycles. The Hall–Kier alpha value is -2.55. The standard InChI is InChI=1S/C19H20N2O/c1-3-9-17-19(22)18(16-13-8-7-10-14(16)2)21(20-17)15-11-5-4-6-12-15/h4-8,10-13,22H,3,9H2,1-2H3. The zero-order valence-electron chi connectivity index (χ0n) is 13.0. The van der Waals surface area contributed by atoms with E-state index in [-0.39, 0.29) is 0 Å². The van der Waals surface area contributed by atoms with Crippen LogP contribution in [0.2, 0.25) is 0 Å². The number of para-hydroxylation sites is 1. The lowest BCUT2D eigenvalue weighted by Crippen LogP contribution is -2.00. The van der Waals surface area contributed by atoms with Gasteiger partial charge in [-0.1, -0.05) is 55.8 Å². The number of hydrogen-bond acceptors (Lipinski definition) is 2. The first-order valence-electron chi connectivity index (χ1n) is 7.64. The predicted octanol–water partition coefficient (Wildman–Crippen LogP) is 4.51. The summed E-state index contributed by atoms with van der Waals surface area (Å²) in [7, 11) is 0. The van der Waals surface area contributed by atoms with E-state index in [0.29, 0.717) is 5.75 Å². The van der Waals surface area contributed by atoms with E-state index >= 15 is 0 Å². The molecule has 0 saturated heterocycles. The third kappa shape index (κ3) is 2.50. The second-order valence-electron chi connectivity index (χ2n) is 5.46. The number of benzene rings is 2. The summed E-state index contributed by atoms with van der Waals surface area (Å²) in [5, 5.41) is 15.4. The van der Waals surface area contributed by atoms with Crippen molar-refractivity contribution in [2.45, 2.75) is 26.7 Å². The average Bonchev–Trinajstić information content (AvgIpc) is 2.86. The molecule has 112 valence electrons. The predicted molar refractivity (Wildman–Crippen MR) is 89.4 cm³/mol. The molecule has 2 aromatic carbocycles. The maximum absolute atomic E-state index is 10.7. The first-order chi connectivity index (χ1) is 10.7. The fourth-order valence-corrected chi connectivity index (χ4v) is 2.70. The van der Waals surface area contributed by atoms with E-state index in [1.165, 1.54) is 0 Å². The SMILES string of the molecule is CCCc1nn(-c2ccccc2)c(-c2ccccc2C)c1O. The molecule has 1 heterocycles. The number of aryl methyl sites for hydroxylation is 2. The van der Waals surface area contributed by atoms with Gasteiger partial charge in [0, 0.05) is 5.56 Å². The van der Waals surface area contributed by atoms with Gasteiger partial charge in [0.2, 0.25) is 0 Å². The minimum atomic E-state index is 0.292. The van der Waals surface area contributed by atoms with E-state index in [9.17, 15) is 5.11 Å². The van der Waals surface area contributed by atoms with Crippen LogP contribution >= 0.6 is 0 Å². The van der Waals surface area contributed by atoms with Gasteiger partial charge in [-0.3, -0.25) is 0 Å². The highest BCUT2D eigenvalue weighted by atomic mass is 16.3. The molecule has 0 amide bonds. The van der Waals surface area contributed by atoms with Crippen LogP contribution in [0.15, 0.2) is 54.6 Å². The highest BCUT2D eigenvalue weighted by molar-refractivity contribution is 5.72. The van der Waals surface area contributed by atoms with E-state index in [1.807, 2.05) is 53.2 Å². The molecule has 0 aliphatic carbocycles. The molecule has 0 atom stereocenters. The Morgan fingerprint density at radius 2 is 1.68 bits per heavy atom. The Morgan fingerprint density at radius 1 is 1.00 bits per heavy atom. The van der Waals surface area contributed by atoms with Crippen LogP contribution in [0.25, 0.3) is 16.9 Å². The maximum atomic E-state index is 10.7. The third-order valence-corrected chi connectivity index (χ3v) is 3.82. The zero-order chi connectivity index (χ0) is 15.5. The Balaban J connectivity index is 2.25. The molecule has 22 heavy (non-hydrogen) atoms. The van der Waals surface area contributed by atoms with Gasteiger partial charge in [0.1, 0.15) is 11.4 Å². The topological polar surface area (TPSA) is 38.0 Å². The minimum absolute atomic E-state index is 0.292. The van der Waals surface area contributed by atoms with Crippen LogP contribution < -0.4 is 0 Å². The fourth-order valence-electron chi connectivity index (χ4n) is 2.70. The summed E-state index contributed by atoms with van der Waals surface area (Å²) in [6.07, 6.45) is 1.72. The molecular formula is C19H20N2O. The molecule has 3 rings (SSSR count). The molecule has 0 unspecified atom stereocenters. The van der Waals surface area contributed by atoms with Crippen molar-refractivity contribution in [3.05, 3.63) is 65.9 Å². The van der Waals surface area contributed by atoms with Crippen LogP contribution in [0, 0.1) is 6.92 Å². The van der Waals surface area contributed by atoms with Crippen molar-refractivity contribution < 1.29 is 5.11 Å². The van der Waals surface area contributed by atoms with Gasteiger partial charge < -0.3 is 5.11 Å². The van der Waals surface area contributed by atoms with Crippen LogP contribution in [-0.2, 0) is 6.42 Å². The smallest absolute Gasteiger partial charge is 0.165 e. The van der Waals surface area contributed by atoms with Crippen LogP contribution in [-0.4, -0.2) is 14.9 Å². The van der Waals surface area contributed by atoms with Gasteiger partial charge in [-0.25, -0.2) is 4.68 Å². The Bertz CT molecular complexity index is 775. The monoisotopic (exact) mass is 292 g/mol. The van der Waals surface area contributed by atoms with Gasteiger partial charge in [-0.15, -0.1) is 0 Å². The van der Waals surface area contributed by atoms with Crippen molar-refractivity contribution in [2.24, 2.45) is 0 Å². The summed E-state index contributed by atoms with van der Waals surface area (Å²) >= 11 is 0. The van der Waals surface area contributed by atoms with Crippen LogP contribution in [0.5, 0.6) is 5.75 Å². The first-order valence-corrected chi connectivity index (χ1v) is 7.64. The quantitative estimate of drug-likeness (QED) is 0.768. The molecule has 1 aromatic heterocycles. The van der Waals surface area contributed by atoms with E-state index < -0.39 is 0 Å². The molecule has 0 fully saturated rings. The fraction of sp³-hybridized carbons (Fsp3) is 0.211. The maximum Gasteiger partial charge on any atom is 0.165 e. The van der Waals surface area contributed by atoms with E-state index in [4.69, 9.17) is 0 Å². The number of hydrogen-bond donors (Lipinski definition) is 1. The molecule has 0 aliphatic heterocycles. The summed E-state index contributed by atoms with van der Waals surface area (Å²) in [4.78, 5) is 0. The van der Waals surface area contributed by atoms with E-state index in [0.717, 1.165) is 41.0 Å². The van der Waals surface area contributed by atoms with Crippen LogP contribution in [0.3, 0.4) is 0 Å². The second kappa shape index (κ2) is 6.06. The van der Waals surface area contributed by atoms with Crippen molar-refractivity contribution in [1.29, 1.82) is 0 Å². The van der Waals surface area contributed by atoms with Crippen LogP contribution in [0.4, 0.5) is 0 Å². The lowest BCUT2D eigenvalue weighted by atomic mass is 10.0. The first kappa shape index (κ1) is 14.4. The molecule has 3 heteroatoms. The molecule has 0 spiro atoms. The second-order valence-corrected chi connectivity index (χ2v) is 5.46. The molecule has 0 radical (unpaired) electrons. The third-order valence-electron chi connectivity index (χ3n) is 3.82. The summed E-state index contributed by atoms with van der Waals surface area (Å²) in [6, 6.07) is 18.0. The lowest BCUT2D eigenvalue weighted by Gasteiger charge is -2.10. The van der Waals surface area contributed by atoms with Gasteiger partial charge in [-0.05, 0) is 31.0 Å². The highest BCUT2D eigenvalue weighted by Gasteiger charge is 2.20. The van der Waals surface area contributed by atoms with Crippen LogP contribution in [0.1, 0.15) is 24.6 Å². The molecule has 3 nitrogen and oxygen atoms in total. The summed E-state index contributed by atoms with van der Waals surface area (Å²) in [6.45, 7) is 4.14. The molecule has 0 bridgehead atoms. The zero-order valence-corrected chi connectivity index (χ0v) is 13.0. The lowest BCUT2D eigenvalue weighted by molar-refractivity contribution is 0.469. The van der Waals surface area contributed by atoms with E-state index in [1.54, 1.807) is 0 Å². The van der Waals surface area contributed by atoms with Gasteiger partial charge in [-0.2, -0.15) is 5.10 Å². The number of aromatic nitrogens is 2. The Kier molecular flexibility index (Phi) is 3.96. The van der Waals surface area contributed by atoms with Crippen molar-refractivity contribution >= 4 is 0 Å². The van der Waals surface area contributed by atoms with Gasteiger partial charge in [0.15, 0.2) is 5.75 Å². The summed E-state index contributed by atoms with van der Waals surface area (Å²) < 4.78 is 1.85. The van der Waals surface area contributed by atoms with Crippen molar-refractivity contribution in [2.75, 3.05) is 0 Å². The van der Waals surface area contributed by atoms with Gasteiger partial charge in [0.25, 0.3) is 0 Å². The summed E-state index contributed by atoms with van der Waals surface area (Å²) in [5.41, 5.74) is 4.62. The van der Waals surface area contributed by atoms with Gasteiger partial charge >= 0.3 is 0 Å². The number of rotatable bonds is 4. The van der Waals surface area contributed by atoms with Crippen molar-refractivity contribution in [3.63, 3.8) is 0 Å². The molecule has 1 N–H and O–H groups in total. The normalized spacial score (nSPS) is 10.8. The van der Waals surface area contributed by atoms with Crippen molar-refractivity contribution in [3.8, 4) is 22.7 Å².